The SMILES string of the molecule is CCN(CC)C(CNC(=O)NCCc1c(C)nn(C)c1C)CC(C)C. The second-order valence-electron chi connectivity index (χ2n) is 7.16. The summed E-state index contributed by atoms with van der Waals surface area (Å²) in [5.41, 5.74) is 3.43. The van der Waals surface area contributed by atoms with Gasteiger partial charge in [-0.25, -0.2) is 4.79 Å². The highest BCUT2D eigenvalue weighted by molar-refractivity contribution is 5.73. The molecule has 0 spiro atoms. The molecule has 0 aliphatic heterocycles. The van der Waals surface area contributed by atoms with Crippen molar-refractivity contribution < 1.29 is 4.79 Å². The number of likely N-dealkylation sites (N-methyl/N-ethyl adjacent to an activating group) is 1. The van der Waals surface area contributed by atoms with Crippen LogP contribution in [0.5, 0.6) is 0 Å². The number of nitrogens with zero attached hydrogens (tertiary/aromatic N) is 3. The van der Waals surface area contributed by atoms with Gasteiger partial charge in [0.25, 0.3) is 0 Å². The average Bonchev–Trinajstić information content (AvgIpc) is 2.79. The van der Waals surface area contributed by atoms with Crippen LogP contribution in [0.25, 0.3) is 0 Å². The maximum Gasteiger partial charge on any atom is 0.314 e. The van der Waals surface area contributed by atoms with E-state index >= 15 is 0 Å². The Kier molecular flexibility index (Phi) is 8.97. The number of carbonyl (C=O) groups excluding carboxylic acids is 1. The van der Waals surface area contributed by atoms with Crippen LogP contribution in [0.1, 0.15) is 51.1 Å². The monoisotopic (exact) mass is 351 g/mol. The van der Waals surface area contributed by atoms with E-state index in [1.165, 1.54) is 11.3 Å². The predicted molar refractivity (Wildman–Crippen MR) is 104 cm³/mol. The van der Waals surface area contributed by atoms with E-state index in [-0.39, 0.29) is 6.03 Å². The van der Waals surface area contributed by atoms with Crippen LogP contribution < -0.4 is 10.6 Å². The Labute approximate surface area is 153 Å². The molecule has 1 aromatic heterocycles. The molecular formula is C19H37N5O. The largest absolute Gasteiger partial charge is 0.338 e. The van der Waals surface area contributed by atoms with Gasteiger partial charge in [-0.3, -0.25) is 9.58 Å². The topological polar surface area (TPSA) is 62.2 Å². The van der Waals surface area contributed by atoms with Crippen LogP contribution in [-0.2, 0) is 13.5 Å². The van der Waals surface area contributed by atoms with E-state index in [0.717, 1.165) is 31.6 Å². The number of hydrogen-bond acceptors (Lipinski definition) is 3. The molecule has 1 rings (SSSR count). The summed E-state index contributed by atoms with van der Waals surface area (Å²) in [5, 5.41) is 10.4. The summed E-state index contributed by atoms with van der Waals surface area (Å²) in [5.74, 6) is 0.618. The standard InChI is InChI=1S/C19H37N5O/c1-8-24(9-2)17(12-14(3)4)13-21-19(25)20-11-10-18-15(5)22-23(7)16(18)6/h14,17H,8-13H2,1-7H3,(H2,20,21,25). The van der Waals surface area contributed by atoms with E-state index in [9.17, 15) is 4.79 Å². The van der Waals surface area contributed by atoms with E-state index in [1.54, 1.807) is 0 Å². The summed E-state index contributed by atoms with van der Waals surface area (Å²) in [6, 6.07) is 0.309. The van der Waals surface area contributed by atoms with Gasteiger partial charge >= 0.3 is 6.03 Å². The van der Waals surface area contributed by atoms with Crippen LogP contribution in [0, 0.1) is 19.8 Å². The predicted octanol–water partition coefficient (Wildman–Crippen LogP) is 2.64. The summed E-state index contributed by atoms with van der Waals surface area (Å²) in [4.78, 5) is 14.6. The van der Waals surface area contributed by atoms with Crippen molar-refractivity contribution in [3.05, 3.63) is 17.0 Å². The van der Waals surface area contributed by atoms with Crippen molar-refractivity contribution in [2.75, 3.05) is 26.2 Å². The van der Waals surface area contributed by atoms with Crippen LogP contribution in [0.4, 0.5) is 4.79 Å². The Bertz CT molecular complexity index is 534. The van der Waals surface area contributed by atoms with Gasteiger partial charge in [0.15, 0.2) is 0 Å². The number of carbonyl (C=O) groups is 1. The lowest BCUT2D eigenvalue weighted by Crippen LogP contribution is -2.47. The van der Waals surface area contributed by atoms with Gasteiger partial charge in [-0.1, -0.05) is 27.7 Å². The number of urea groups is 1. The number of aromatic nitrogens is 2. The molecule has 1 heterocycles. The number of hydrogen-bond donors (Lipinski definition) is 2. The molecule has 1 unspecified atom stereocenters. The van der Waals surface area contributed by atoms with Crippen molar-refractivity contribution in [2.24, 2.45) is 13.0 Å². The molecule has 2 N–H and O–H groups in total. The molecule has 0 aliphatic carbocycles. The van der Waals surface area contributed by atoms with Crippen molar-refractivity contribution in [2.45, 2.75) is 60.4 Å². The summed E-state index contributed by atoms with van der Waals surface area (Å²) in [6.07, 6.45) is 1.90. The Morgan fingerprint density at radius 2 is 1.84 bits per heavy atom. The number of rotatable bonds is 10. The van der Waals surface area contributed by atoms with E-state index in [0.29, 0.717) is 25.0 Å². The molecular weight excluding hydrogens is 314 g/mol. The lowest BCUT2D eigenvalue weighted by molar-refractivity contribution is 0.184. The lowest BCUT2D eigenvalue weighted by atomic mass is 10.0. The molecule has 0 radical (unpaired) electrons. The van der Waals surface area contributed by atoms with Gasteiger partial charge in [0.05, 0.1) is 5.69 Å². The molecule has 25 heavy (non-hydrogen) atoms. The fourth-order valence-electron chi connectivity index (χ4n) is 3.40. The summed E-state index contributed by atoms with van der Waals surface area (Å²) in [7, 11) is 1.95. The van der Waals surface area contributed by atoms with Crippen LogP contribution in [0.15, 0.2) is 0 Å². The molecule has 6 nitrogen and oxygen atoms in total. The first-order valence-corrected chi connectivity index (χ1v) is 9.54. The van der Waals surface area contributed by atoms with Crippen LogP contribution in [-0.4, -0.2) is 52.9 Å². The molecule has 0 fully saturated rings. The quantitative estimate of drug-likeness (QED) is 0.681. The van der Waals surface area contributed by atoms with Crippen molar-refractivity contribution >= 4 is 6.03 Å². The molecule has 144 valence electrons. The molecule has 1 atom stereocenters. The highest BCUT2D eigenvalue weighted by atomic mass is 16.2. The third kappa shape index (κ3) is 6.69. The van der Waals surface area contributed by atoms with E-state index < -0.39 is 0 Å². The van der Waals surface area contributed by atoms with Crippen molar-refractivity contribution in [3.8, 4) is 0 Å². The smallest absolute Gasteiger partial charge is 0.314 e. The van der Waals surface area contributed by atoms with Gasteiger partial charge in [-0.05, 0) is 51.3 Å². The van der Waals surface area contributed by atoms with Gasteiger partial charge in [-0.2, -0.15) is 5.10 Å². The molecule has 0 bridgehead atoms. The third-order valence-electron chi connectivity index (χ3n) is 4.89. The van der Waals surface area contributed by atoms with Gasteiger partial charge in [0.2, 0.25) is 0 Å². The number of amides is 2. The summed E-state index contributed by atoms with van der Waals surface area (Å²) >= 11 is 0. The zero-order valence-corrected chi connectivity index (χ0v) is 17.1. The first-order chi connectivity index (χ1) is 11.8. The molecule has 0 saturated heterocycles. The second-order valence-corrected chi connectivity index (χ2v) is 7.16. The molecule has 0 aliphatic rings. The van der Waals surface area contributed by atoms with Crippen molar-refractivity contribution in [1.82, 2.24) is 25.3 Å². The number of aryl methyl sites for hydroxylation is 2. The third-order valence-corrected chi connectivity index (χ3v) is 4.89. The van der Waals surface area contributed by atoms with Gasteiger partial charge in [-0.15, -0.1) is 0 Å². The Balaban J connectivity index is 2.44. The molecule has 0 aromatic carbocycles. The molecule has 2 amide bonds. The Morgan fingerprint density at radius 3 is 2.32 bits per heavy atom. The first kappa shape index (κ1) is 21.5. The minimum Gasteiger partial charge on any atom is -0.338 e. The fraction of sp³-hybridized carbons (Fsp3) is 0.789. The minimum atomic E-state index is -0.0832. The van der Waals surface area contributed by atoms with Crippen LogP contribution in [0.2, 0.25) is 0 Å². The second kappa shape index (κ2) is 10.4. The minimum absolute atomic E-state index is 0.0832. The highest BCUT2D eigenvalue weighted by Gasteiger charge is 2.18. The fourth-order valence-corrected chi connectivity index (χ4v) is 3.40. The zero-order chi connectivity index (χ0) is 19.0. The summed E-state index contributed by atoms with van der Waals surface area (Å²) in [6.45, 7) is 16.2. The molecule has 6 heteroatoms. The maximum atomic E-state index is 12.1. The lowest BCUT2D eigenvalue weighted by Gasteiger charge is -2.31. The highest BCUT2D eigenvalue weighted by Crippen LogP contribution is 2.12. The van der Waals surface area contributed by atoms with E-state index in [4.69, 9.17) is 0 Å². The molecule has 1 aromatic rings. The average molecular weight is 352 g/mol. The van der Waals surface area contributed by atoms with Gasteiger partial charge in [0, 0.05) is 31.9 Å². The molecule has 0 saturated carbocycles. The van der Waals surface area contributed by atoms with Gasteiger partial charge < -0.3 is 10.6 Å². The zero-order valence-electron chi connectivity index (χ0n) is 17.1. The van der Waals surface area contributed by atoms with Crippen molar-refractivity contribution in [1.29, 1.82) is 0 Å². The van der Waals surface area contributed by atoms with Crippen LogP contribution >= 0.6 is 0 Å². The maximum absolute atomic E-state index is 12.1. The first-order valence-electron chi connectivity index (χ1n) is 9.54. The van der Waals surface area contributed by atoms with E-state index in [2.05, 4.69) is 55.3 Å². The Hall–Kier alpha value is -1.56. The normalized spacial score (nSPS) is 12.7. The van der Waals surface area contributed by atoms with E-state index in [1.807, 2.05) is 18.7 Å². The number of nitrogens with one attached hydrogen (secondary N) is 2. The Morgan fingerprint density at radius 1 is 1.20 bits per heavy atom. The summed E-state index contributed by atoms with van der Waals surface area (Å²) < 4.78 is 1.89. The van der Waals surface area contributed by atoms with Crippen LogP contribution in [0.3, 0.4) is 0 Å². The van der Waals surface area contributed by atoms with Gasteiger partial charge in [0.1, 0.15) is 0 Å². The van der Waals surface area contributed by atoms with Crippen molar-refractivity contribution in [3.63, 3.8) is 0 Å².